The first-order valence-corrected chi connectivity index (χ1v) is 4.46. The predicted molar refractivity (Wildman–Crippen MR) is 48.1 cm³/mol. The Morgan fingerprint density at radius 3 is 2.19 bits per heavy atom. The van der Waals surface area contributed by atoms with E-state index in [2.05, 4.69) is 0 Å². The van der Waals surface area contributed by atoms with Crippen molar-refractivity contribution in [3.8, 4) is 0 Å². The molecule has 0 saturated carbocycles. The van der Waals surface area contributed by atoms with Crippen molar-refractivity contribution in [2.24, 2.45) is 0 Å². The first-order chi connectivity index (χ1) is 7.41. The molecule has 0 aliphatic heterocycles. The molecule has 0 bridgehead atoms. The molecule has 16 heavy (non-hydrogen) atoms. The molecule has 2 N–H and O–H groups in total. The minimum absolute atomic E-state index is 0.183. The van der Waals surface area contributed by atoms with E-state index < -0.39 is 29.5 Å². The molecule has 1 rings (SSSR count). The van der Waals surface area contributed by atoms with Crippen molar-refractivity contribution in [1.82, 2.24) is 0 Å². The van der Waals surface area contributed by atoms with Gasteiger partial charge in [0.2, 0.25) is 0 Å². The molecular weight excluding hydrogens is 225 g/mol. The van der Waals surface area contributed by atoms with Crippen LogP contribution in [0.2, 0.25) is 0 Å². The number of carboxylic acids is 1. The topological polar surface area (TPSA) is 57.5 Å². The van der Waals surface area contributed by atoms with Crippen LogP contribution in [0, 0.1) is 17.5 Å². The van der Waals surface area contributed by atoms with Gasteiger partial charge in [0.1, 0.15) is 0 Å². The minimum Gasteiger partial charge on any atom is -0.481 e. The van der Waals surface area contributed by atoms with Gasteiger partial charge in [0.25, 0.3) is 0 Å². The van der Waals surface area contributed by atoms with Gasteiger partial charge in [-0.3, -0.25) is 4.79 Å². The van der Waals surface area contributed by atoms with Gasteiger partial charge in [-0.15, -0.1) is 0 Å². The monoisotopic (exact) mass is 234 g/mol. The van der Waals surface area contributed by atoms with Crippen LogP contribution in [0.25, 0.3) is 0 Å². The van der Waals surface area contributed by atoms with E-state index in [0.29, 0.717) is 12.1 Å². The molecule has 1 atom stereocenters. The Hall–Kier alpha value is -1.56. The van der Waals surface area contributed by atoms with Crippen LogP contribution < -0.4 is 0 Å². The van der Waals surface area contributed by atoms with Crippen molar-refractivity contribution in [2.45, 2.75) is 18.9 Å². The average Bonchev–Trinajstić information content (AvgIpc) is 2.21. The lowest BCUT2D eigenvalue weighted by Gasteiger charge is -2.10. The predicted octanol–water partition coefficient (Wildman–Crippen LogP) is 2.00. The van der Waals surface area contributed by atoms with Gasteiger partial charge in [0.15, 0.2) is 17.5 Å². The highest BCUT2D eigenvalue weighted by Gasteiger charge is 2.16. The van der Waals surface area contributed by atoms with Gasteiger partial charge in [0, 0.05) is 6.42 Å². The van der Waals surface area contributed by atoms with Crippen molar-refractivity contribution < 1.29 is 28.2 Å². The SMILES string of the molecule is O=C(O)CCC(O)c1cc(F)c(F)c(F)c1. The fourth-order valence-corrected chi connectivity index (χ4v) is 1.19. The summed E-state index contributed by atoms with van der Waals surface area (Å²) >= 11 is 0. The largest absolute Gasteiger partial charge is 0.481 e. The molecule has 1 aromatic rings. The second-order valence-electron chi connectivity index (χ2n) is 3.25. The third-order valence-corrected chi connectivity index (χ3v) is 2.02. The first kappa shape index (κ1) is 12.5. The highest BCUT2D eigenvalue weighted by Crippen LogP contribution is 2.22. The number of halogens is 3. The molecule has 0 spiro atoms. The summed E-state index contributed by atoms with van der Waals surface area (Å²) in [4.78, 5) is 10.2. The molecule has 6 heteroatoms. The molecular formula is C10H9F3O3. The Morgan fingerprint density at radius 1 is 1.25 bits per heavy atom. The van der Waals surface area contributed by atoms with Gasteiger partial charge in [0.05, 0.1) is 6.10 Å². The lowest BCUT2D eigenvalue weighted by atomic mass is 10.0. The number of benzene rings is 1. The van der Waals surface area contributed by atoms with Crippen molar-refractivity contribution in [3.05, 3.63) is 35.1 Å². The number of carboxylic acid groups (broad SMARTS) is 1. The van der Waals surface area contributed by atoms with Gasteiger partial charge in [-0.25, -0.2) is 13.2 Å². The number of rotatable bonds is 4. The Balaban J connectivity index is 2.84. The third kappa shape index (κ3) is 2.96. The fourth-order valence-electron chi connectivity index (χ4n) is 1.19. The maximum Gasteiger partial charge on any atom is 0.303 e. The number of hydrogen-bond donors (Lipinski definition) is 2. The summed E-state index contributed by atoms with van der Waals surface area (Å²) in [7, 11) is 0. The minimum atomic E-state index is -1.62. The van der Waals surface area contributed by atoms with Crippen molar-refractivity contribution in [3.63, 3.8) is 0 Å². The van der Waals surface area contributed by atoms with Crippen LogP contribution in [0.4, 0.5) is 13.2 Å². The summed E-state index contributed by atoms with van der Waals surface area (Å²) in [6.07, 6.45) is -1.87. The fraction of sp³-hybridized carbons (Fsp3) is 0.300. The number of hydrogen-bond acceptors (Lipinski definition) is 2. The van der Waals surface area contributed by atoms with Crippen molar-refractivity contribution in [1.29, 1.82) is 0 Å². The van der Waals surface area contributed by atoms with Crippen LogP contribution in [0.3, 0.4) is 0 Å². The summed E-state index contributed by atoms with van der Waals surface area (Å²) in [5.74, 6) is -5.58. The van der Waals surface area contributed by atoms with Crippen LogP contribution >= 0.6 is 0 Å². The Labute approximate surface area is 89.1 Å². The Morgan fingerprint density at radius 2 is 1.75 bits per heavy atom. The maximum absolute atomic E-state index is 12.8. The summed E-state index contributed by atoms with van der Waals surface area (Å²) in [5.41, 5.74) is -0.183. The number of carbonyl (C=O) groups is 1. The van der Waals surface area contributed by atoms with Crippen LogP contribution in [0.15, 0.2) is 12.1 Å². The van der Waals surface area contributed by atoms with Gasteiger partial charge in [-0.2, -0.15) is 0 Å². The zero-order valence-electron chi connectivity index (χ0n) is 8.08. The molecule has 0 radical (unpaired) electrons. The summed E-state index contributed by atoms with van der Waals surface area (Å²) < 4.78 is 38.1. The van der Waals surface area contributed by atoms with Crippen LogP contribution in [0.5, 0.6) is 0 Å². The van der Waals surface area contributed by atoms with Gasteiger partial charge in [-0.1, -0.05) is 0 Å². The molecule has 0 aliphatic rings. The van der Waals surface area contributed by atoms with E-state index in [4.69, 9.17) is 5.11 Å². The molecule has 1 aromatic carbocycles. The molecule has 3 nitrogen and oxygen atoms in total. The highest BCUT2D eigenvalue weighted by atomic mass is 19.2. The third-order valence-electron chi connectivity index (χ3n) is 2.02. The highest BCUT2D eigenvalue weighted by molar-refractivity contribution is 5.66. The first-order valence-electron chi connectivity index (χ1n) is 4.46. The smallest absolute Gasteiger partial charge is 0.303 e. The molecule has 0 saturated heterocycles. The zero-order chi connectivity index (χ0) is 12.3. The van der Waals surface area contributed by atoms with Crippen LogP contribution in [-0.2, 0) is 4.79 Å². The average molecular weight is 234 g/mol. The molecule has 88 valence electrons. The summed E-state index contributed by atoms with van der Waals surface area (Å²) in [6.45, 7) is 0. The second kappa shape index (κ2) is 4.98. The van der Waals surface area contributed by atoms with E-state index in [1.165, 1.54) is 0 Å². The van der Waals surface area contributed by atoms with Crippen LogP contribution in [-0.4, -0.2) is 16.2 Å². The van der Waals surface area contributed by atoms with E-state index in [1.54, 1.807) is 0 Å². The lowest BCUT2D eigenvalue weighted by molar-refractivity contribution is -0.137. The van der Waals surface area contributed by atoms with Crippen molar-refractivity contribution >= 4 is 5.97 Å². The van der Waals surface area contributed by atoms with E-state index in [0.717, 1.165) is 0 Å². The van der Waals surface area contributed by atoms with Crippen LogP contribution in [0.1, 0.15) is 24.5 Å². The van der Waals surface area contributed by atoms with Gasteiger partial charge in [-0.05, 0) is 24.1 Å². The molecule has 0 amide bonds. The Kier molecular flexibility index (Phi) is 3.89. The quantitative estimate of drug-likeness (QED) is 0.783. The summed E-state index contributed by atoms with van der Waals surface area (Å²) in [6, 6.07) is 1.29. The van der Waals surface area contributed by atoms with Gasteiger partial charge >= 0.3 is 5.97 Å². The van der Waals surface area contributed by atoms with Crippen molar-refractivity contribution in [2.75, 3.05) is 0 Å². The Bertz CT molecular complexity index is 383. The number of aliphatic hydroxyl groups is 1. The molecule has 0 fully saturated rings. The maximum atomic E-state index is 12.8. The second-order valence-corrected chi connectivity index (χ2v) is 3.25. The number of aliphatic hydroxyl groups excluding tert-OH is 1. The van der Waals surface area contributed by atoms with E-state index in [-0.39, 0.29) is 18.4 Å². The standard InChI is InChI=1S/C10H9F3O3/c11-6-3-5(4-7(12)10(6)13)8(14)1-2-9(15)16/h3-4,8,14H,1-2H2,(H,15,16). The summed E-state index contributed by atoms with van der Waals surface area (Å²) in [5, 5.41) is 17.7. The normalized spacial score (nSPS) is 12.5. The zero-order valence-corrected chi connectivity index (χ0v) is 8.08. The molecule has 0 heterocycles. The molecule has 0 aromatic heterocycles. The number of aliphatic carboxylic acids is 1. The van der Waals surface area contributed by atoms with E-state index in [9.17, 15) is 23.1 Å². The van der Waals surface area contributed by atoms with Gasteiger partial charge < -0.3 is 10.2 Å². The van der Waals surface area contributed by atoms with E-state index in [1.807, 2.05) is 0 Å². The lowest BCUT2D eigenvalue weighted by Crippen LogP contribution is -2.04. The van der Waals surface area contributed by atoms with E-state index >= 15 is 0 Å². The molecule has 1 unspecified atom stereocenters. The molecule has 0 aliphatic carbocycles.